The number of aromatic nitrogens is 1. The number of aryl methyl sites for hydroxylation is 1. The number of pyridine rings is 1. The van der Waals surface area contributed by atoms with Crippen LogP contribution in [-0.2, 0) is 26.8 Å². The summed E-state index contributed by atoms with van der Waals surface area (Å²) in [7, 11) is -3.91. The van der Waals surface area contributed by atoms with Gasteiger partial charge in [-0.2, -0.15) is 0 Å². The van der Waals surface area contributed by atoms with Crippen molar-refractivity contribution in [2.75, 3.05) is 0 Å². The maximum atomic E-state index is 12.9. The molecule has 0 saturated carbocycles. The third kappa shape index (κ3) is 5.68. The topological polar surface area (TPSA) is 93.6 Å². The number of benzene rings is 2. The van der Waals surface area contributed by atoms with Crippen LogP contribution in [0.2, 0.25) is 10.0 Å². The largest absolute Gasteiger partial charge is 0.478 e. The molecule has 0 spiro atoms. The van der Waals surface area contributed by atoms with Crippen LogP contribution in [0.15, 0.2) is 65.6 Å². The predicted molar refractivity (Wildman–Crippen MR) is 124 cm³/mol. The van der Waals surface area contributed by atoms with Gasteiger partial charge in [0.1, 0.15) is 16.3 Å². The lowest BCUT2D eigenvalue weighted by Crippen LogP contribution is -2.08. The summed E-state index contributed by atoms with van der Waals surface area (Å²) in [6, 6.07) is 14.9. The summed E-state index contributed by atoms with van der Waals surface area (Å²) in [4.78, 5) is 15.2. The minimum absolute atomic E-state index is 0.0135. The monoisotopic (exact) mass is 491 g/mol. The van der Waals surface area contributed by atoms with Gasteiger partial charge in [-0.3, -0.25) is 0 Å². The van der Waals surface area contributed by atoms with E-state index in [2.05, 4.69) is 4.98 Å². The molecule has 0 fully saturated rings. The molecule has 1 N–H and O–H groups in total. The highest BCUT2D eigenvalue weighted by atomic mass is 35.5. The van der Waals surface area contributed by atoms with E-state index < -0.39 is 21.6 Å². The number of para-hydroxylation sites is 1. The lowest BCUT2D eigenvalue weighted by atomic mass is 10.1. The third-order valence-corrected chi connectivity index (χ3v) is 7.06. The zero-order valence-electron chi connectivity index (χ0n) is 17.0. The van der Waals surface area contributed by atoms with E-state index in [-0.39, 0.29) is 26.3 Å². The molecule has 0 aliphatic carbocycles. The number of ether oxygens (including phenoxy) is 1. The van der Waals surface area contributed by atoms with Gasteiger partial charge in [-0.05, 0) is 48.4 Å². The van der Waals surface area contributed by atoms with Gasteiger partial charge >= 0.3 is 5.97 Å². The molecule has 1 aromatic heterocycles. The van der Waals surface area contributed by atoms with Crippen molar-refractivity contribution in [1.82, 2.24) is 4.98 Å². The van der Waals surface area contributed by atoms with E-state index in [4.69, 9.17) is 33.0 Å². The highest BCUT2D eigenvalue weighted by Gasteiger charge is 2.23. The number of sulfone groups is 1. The summed E-state index contributed by atoms with van der Waals surface area (Å²) in [6.07, 6.45) is 2.90. The van der Waals surface area contributed by atoms with E-state index in [0.29, 0.717) is 11.5 Å². The number of hydrogen-bond donors (Lipinski definition) is 1. The maximum absolute atomic E-state index is 12.9. The molecule has 0 saturated heterocycles. The number of carbonyl (C=O) groups is 1. The number of rotatable bonds is 8. The van der Waals surface area contributed by atoms with Crippen molar-refractivity contribution in [2.45, 2.75) is 24.0 Å². The maximum Gasteiger partial charge on any atom is 0.328 e. The molecule has 3 rings (SSSR count). The van der Waals surface area contributed by atoms with Crippen molar-refractivity contribution in [3.63, 3.8) is 0 Å². The highest BCUT2D eigenvalue weighted by Crippen LogP contribution is 2.33. The quantitative estimate of drug-likeness (QED) is 0.399. The first kappa shape index (κ1) is 23.8. The molecule has 166 valence electrons. The molecular formula is C23H19Cl2NO5S. The zero-order valence-corrected chi connectivity index (χ0v) is 19.3. The second-order valence-corrected chi connectivity index (χ2v) is 9.47. The summed E-state index contributed by atoms with van der Waals surface area (Å²) in [6.45, 7) is 1.99. The fourth-order valence-electron chi connectivity index (χ4n) is 3.00. The Hall–Kier alpha value is -2.87. The van der Waals surface area contributed by atoms with Crippen molar-refractivity contribution in [2.24, 2.45) is 0 Å². The average Bonchev–Trinajstić information content (AvgIpc) is 2.73. The predicted octanol–water partition coefficient (Wildman–Crippen LogP) is 5.81. The van der Waals surface area contributed by atoms with E-state index in [9.17, 15) is 13.2 Å². The Kier molecular flexibility index (Phi) is 7.56. The Bertz CT molecular complexity index is 1270. The molecule has 32 heavy (non-hydrogen) atoms. The van der Waals surface area contributed by atoms with Gasteiger partial charge in [-0.1, -0.05) is 54.4 Å². The second-order valence-electron chi connectivity index (χ2n) is 6.73. The van der Waals surface area contributed by atoms with Crippen LogP contribution in [0.4, 0.5) is 0 Å². The standard InChI is InChI=1S/C23H19Cl2NO5S/c1-2-15-6-3-4-9-20(15)31-21-12-10-16(26-19(21)11-13-22(27)28)14-32(29,30)23-17(24)7-5-8-18(23)25/h3-13H,2,14H2,1H3,(H,27,28). The first-order chi connectivity index (χ1) is 15.2. The Labute approximate surface area is 196 Å². The van der Waals surface area contributed by atoms with Gasteiger partial charge in [0, 0.05) is 6.08 Å². The number of carboxylic acid groups (broad SMARTS) is 1. The van der Waals surface area contributed by atoms with Gasteiger partial charge in [0.25, 0.3) is 0 Å². The Balaban J connectivity index is 2.00. The SMILES string of the molecule is CCc1ccccc1Oc1ccc(CS(=O)(=O)c2c(Cl)cccc2Cl)nc1C=CC(=O)O. The number of halogens is 2. The lowest BCUT2D eigenvalue weighted by Gasteiger charge is -2.13. The summed E-state index contributed by atoms with van der Waals surface area (Å²) in [5.74, 6) is -0.756. The van der Waals surface area contributed by atoms with Crippen LogP contribution in [0.3, 0.4) is 0 Å². The minimum Gasteiger partial charge on any atom is -0.478 e. The molecule has 3 aromatic rings. The molecule has 0 unspecified atom stereocenters. The molecule has 9 heteroatoms. The molecule has 2 aromatic carbocycles. The molecule has 0 aliphatic rings. The molecule has 1 heterocycles. The number of carboxylic acids is 1. The number of hydrogen-bond acceptors (Lipinski definition) is 5. The Morgan fingerprint density at radius 3 is 2.38 bits per heavy atom. The normalized spacial score (nSPS) is 11.6. The van der Waals surface area contributed by atoms with Crippen molar-refractivity contribution < 1.29 is 23.1 Å². The fraction of sp³-hybridized carbons (Fsp3) is 0.130. The van der Waals surface area contributed by atoms with Crippen molar-refractivity contribution in [3.05, 3.63) is 87.7 Å². The van der Waals surface area contributed by atoms with Crippen LogP contribution >= 0.6 is 23.2 Å². The van der Waals surface area contributed by atoms with Crippen LogP contribution in [0.25, 0.3) is 6.08 Å². The van der Waals surface area contributed by atoms with Crippen molar-refractivity contribution in [1.29, 1.82) is 0 Å². The summed E-state index contributed by atoms with van der Waals surface area (Å²) in [5.41, 5.74) is 1.32. The van der Waals surface area contributed by atoms with Gasteiger partial charge < -0.3 is 9.84 Å². The Morgan fingerprint density at radius 1 is 1.03 bits per heavy atom. The molecule has 0 radical (unpaired) electrons. The van der Waals surface area contributed by atoms with Gasteiger partial charge in [0.05, 0.1) is 21.5 Å². The number of aliphatic carboxylic acids is 1. The van der Waals surface area contributed by atoms with Crippen LogP contribution in [0, 0.1) is 0 Å². The van der Waals surface area contributed by atoms with E-state index in [1.165, 1.54) is 24.3 Å². The molecule has 6 nitrogen and oxygen atoms in total. The summed E-state index contributed by atoms with van der Waals surface area (Å²) in [5, 5.41) is 9.05. The van der Waals surface area contributed by atoms with Gasteiger partial charge in [-0.15, -0.1) is 0 Å². The zero-order chi connectivity index (χ0) is 23.3. The molecular weight excluding hydrogens is 473 g/mol. The molecule has 0 bridgehead atoms. The summed E-state index contributed by atoms with van der Waals surface area (Å²) >= 11 is 12.1. The first-order valence-electron chi connectivity index (χ1n) is 9.54. The van der Waals surface area contributed by atoms with Gasteiger partial charge in [0.15, 0.2) is 15.6 Å². The fourth-order valence-corrected chi connectivity index (χ4v) is 5.53. The average molecular weight is 492 g/mol. The molecule has 0 aliphatic heterocycles. The molecule has 0 atom stereocenters. The Morgan fingerprint density at radius 2 is 1.72 bits per heavy atom. The van der Waals surface area contributed by atoms with E-state index in [0.717, 1.165) is 18.1 Å². The highest BCUT2D eigenvalue weighted by molar-refractivity contribution is 7.90. The van der Waals surface area contributed by atoms with Gasteiger partial charge in [0.2, 0.25) is 0 Å². The van der Waals surface area contributed by atoms with E-state index >= 15 is 0 Å². The van der Waals surface area contributed by atoms with E-state index in [1.54, 1.807) is 18.2 Å². The van der Waals surface area contributed by atoms with E-state index in [1.807, 2.05) is 25.1 Å². The number of nitrogens with zero attached hydrogens (tertiary/aromatic N) is 1. The van der Waals surface area contributed by atoms with Gasteiger partial charge in [-0.25, -0.2) is 18.2 Å². The molecule has 0 amide bonds. The first-order valence-corrected chi connectivity index (χ1v) is 12.0. The minimum atomic E-state index is -3.91. The van der Waals surface area contributed by atoms with Crippen LogP contribution in [-0.4, -0.2) is 24.5 Å². The van der Waals surface area contributed by atoms with Crippen LogP contribution < -0.4 is 4.74 Å². The summed E-state index contributed by atoms with van der Waals surface area (Å²) < 4.78 is 31.8. The van der Waals surface area contributed by atoms with Crippen molar-refractivity contribution in [3.8, 4) is 11.5 Å². The van der Waals surface area contributed by atoms with Crippen LogP contribution in [0.1, 0.15) is 23.9 Å². The van der Waals surface area contributed by atoms with Crippen LogP contribution in [0.5, 0.6) is 11.5 Å². The second kappa shape index (κ2) is 10.2. The third-order valence-electron chi connectivity index (χ3n) is 4.47. The lowest BCUT2D eigenvalue weighted by molar-refractivity contribution is -0.131. The van der Waals surface area contributed by atoms with Crippen molar-refractivity contribution >= 4 is 45.1 Å². The smallest absolute Gasteiger partial charge is 0.328 e.